The van der Waals surface area contributed by atoms with Crippen LogP contribution in [-0.2, 0) is 19.6 Å². The molecular weight excluding hydrogens is 480 g/mol. The molecule has 0 radical (unpaired) electrons. The Hall–Kier alpha value is -3.11. The van der Waals surface area contributed by atoms with Gasteiger partial charge in [-0.3, -0.25) is 4.79 Å². The monoisotopic (exact) mass is 502 g/mol. The molecule has 1 aliphatic heterocycles. The summed E-state index contributed by atoms with van der Waals surface area (Å²) in [4.78, 5) is 12.5. The number of para-hydroxylation sites is 3. The minimum absolute atomic E-state index is 0.0585. The summed E-state index contributed by atoms with van der Waals surface area (Å²) in [6.45, 7) is 0.947. The van der Waals surface area contributed by atoms with Crippen LogP contribution in [0.4, 0.5) is 5.69 Å². The van der Waals surface area contributed by atoms with Crippen LogP contribution in [0.15, 0.2) is 77.7 Å². The van der Waals surface area contributed by atoms with Crippen molar-refractivity contribution in [2.45, 2.75) is 4.90 Å². The largest absolute Gasteiger partial charge is 0.482 e. The van der Waals surface area contributed by atoms with Gasteiger partial charge in [0.1, 0.15) is 11.5 Å². The molecule has 3 aromatic carbocycles. The highest BCUT2D eigenvalue weighted by atomic mass is 35.5. The van der Waals surface area contributed by atoms with Gasteiger partial charge in [-0.25, -0.2) is 8.42 Å². The molecule has 0 aliphatic carbocycles. The topological polar surface area (TPSA) is 94.2 Å². The van der Waals surface area contributed by atoms with Gasteiger partial charge in [-0.05, 0) is 42.5 Å². The lowest BCUT2D eigenvalue weighted by molar-refractivity contribution is -0.118. The maximum absolute atomic E-state index is 12.8. The predicted molar refractivity (Wildman–Crippen MR) is 128 cm³/mol. The summed E-state index contributed by atoms with van der Waals surface area (Å²) < 4.78 is 43.5. The quantitative estimate of drug-likeness (QED) is 0.497. The number of halogens is 1. The van der Waals surface area contributed by atoms with E-state index in [0.29, 0.717) is 30.4 Å². The van der Waals surface area contributed by atoms with Crippen LogP contribution in [0.25, 0.3) is 0 Å². The van der Waals surface area contributed by atoms with E-state index in [1.54, 1.807) is 24.3 Å². The minimum Gasteiger partial charge on any atom is -0.482 e. The van der Waals surface area contributed by atoms with Gasteiger partial charge in [-0.1, -0.05) is 41.9 Å². The number of ether oxygens (including phenoxy) is 3. The van der Waals surface area contributed by atoms with Crippen molar-refractivity contribution in [3.8, 4) is 17.2 Å². The van der Waals surface area contributed by atoms with Gasteiger partial charge in [0.05, 0.1) is 28.8 Å². The summed E-state index contributed by atoms with van der Waals surface area (Å²) in [5.74, 6) is 0.897. The van der Waals surface area contributed by atoms with E-state index in [4.69, 9.17) is 25.8 Å². The second-order valence-corrected chi connectivity index (χ2v) is 9.70. The number of amides is 1. The van der Waals surface area contributed by atoms with Crippen LogP contribution < -0.4 is 14.8 Å². The third-order valence-corrected chi connectivity index (χ3v) is 7.19. The van der Waals surface area contributed by atoms with Crippen LogP contribution in [0.3, 0.4) is 0 Å². The van der Waals surface area contributed by atoms with Crippen LogP contribution >= 0.6 is 11.6 Å². The zero-order valence-corrected chi connectivity index (χ0v) is 19.7. The summed E-state index contributed by atoms with van der Waals surface area (Å²) >= 11 is 6.25. The van der Waals surface area contributed by atoms with E-state index in [-0.39, 0.29) is 35.4 Å². The van der Waals surface area contributed by atoms with E-state index >= 15 is 0 Å². The lowest BCUT2D eigenvalue weighted by Gasteiger charge is -2.26. The Morgan fingerprint density at radius 3 is 2.41 bits per heavy atom. The highest BCUT2D eigenvalue weighted by Gasteiger charge is 2.27. The van der Waals surface area contributed by atoms with Crippen molar-refractivity contribution < 1.29 is 27.4 Å². The van der Waals surface area contributed by atoms with E-state index in [9.17, 15) is 13.2 Å². The van der Waals surface area contributed by atoms with Gasteiger partial charge in [0.15, 0.2) is 12.4 Å². The SMILES string of the molecule is O=C(COc1ccc(S(=O)(=O)N2CCOCC2)cc1Cl)Nc1ccccc1Oc1ccccc1. The van der Waals surface area contributed by atoms with Crippen LogP contribution in [0.1, 0.15) is 0 Å². The number of nitrogens with zero attached hydrogens (tertiary/aromatic N) is 1. The van der Waals surface area contributed by atoms with Crippen molar-refractivity contribution in [3.05, 3.63) is 77.8 Å². The number of carbonyl (C=O) groups is 1. The van der Waals surface area contributed by atoms with E-state index in [2.05, 4.69) is 5.32 Å². The molecule has 0 bridgehead atoms. The molecule has 1 amide bonds. The smallest absolute Gasteiger partial charge is 0.262 e. The fourth-order valence-electron chi connectivity index (χ4n) is 3.30. The second-order valence-electron chi connectivity index (χ2n) is 7.36. The van der Waals surface area contributed by atoms with Crippen LogP contribution in [0.2, 0.25) is 5.02 Å². The standard InChI is InChI=1S/C24H23ClN2O6S/c25-20-16-19(34(29,30)27-12-14-31-15-13-27)10-11-22(20)32-17-24(28)26-21-8-4-5-9-23(21)33-18-6-2-1-3-7-18/h1-11,16H,12-15,17H2,(H,26,28). The molecule has 8 nitrogen and oxygen atoms in total. The maximum Gasteiger partial charge on any atom is 0.262 e. The zero-order chi connectivity index (χ0) is 24.0. The van der Waals surface area contributed by atoms with Gasteiger partial charge >= 0.3 is 0 Å². The highest BCUT2D eigenvalue weighted by molar-refractivity contribution is 7.89. The fraction of sp³-hybridized carbons (Fsp3) is 0.208. The van der Waals surface area contributed by atoms with Crippen LogP contribution in [-0.4, -0.2) is 51.5 Å². The van der Waals surface area contributed by atoms with Crippen molar-refractivity contribution >= 4 is 33.2 Å². The zero-order valence-electron chi connectivity index (χ0n) is 18.1. The molecule has 0 spiro atoms. The minimum atomic E-state index is -3.68. The highest BCUT2D eigenvalue weighted by Crippen LogP contribution is 2.30. The third kappa shape index (κ3) is 5.87. The molecule has 34 heavy (non-hydrogen) atoms. The summed E-state index contributed by atoms with van der Waals surface area (Å²) in [6, 6.07) is 20.4. The predicted octanol–water partition coefficient (Wildman–Crippen LogP) is 4.17. The second kappa shape index (κ2) is 10.9. The van der Waals surface area contributed by atoms with Crippen molar-refractivity contribution in [1.29, 1.82) is 0 Å². The maximum atomic E-state index is 12.8. The number of benzene rings is 3. The van der Waals surface area contributed by atoms with E-state index in [1.807, 2.05) is 30.3 Å². The van der Waals surface area contributed by atoms with Gasteiger partial charge in [-0.2, -0.15) is 4.31 Å². The first kappa shape index (κ1) is 24.0. The molecule has 3 aromatic rings. The summed E-state index contributed by atoms with van der Waals surface area (Å²) in [7, 11) is -3.68. The lowest BCUT2D eigenvalue weighted by atomic mass is 10.3. The normalized spacial score (nSPS) is 14.4. The number of morpholine rings is 1. The van der Waals surface area contributed by atoms with Crippen LogP contribution in [0.5, 0.6) is 17.2 Å². The summed E-state index contributed by atoms with van der Waals surface area (Å²) in [5, 5.41) is 2.85. The molecule has 178 valence electrons. The van der Waals surface area contributed by atoms with E-state index in [1.165, 1.54) is 22.5 Å². The Bertz CT molecular complexity index is 1250. The molecule has 0 atom stereocenters. The Morgan fingerprint density at radius 2 is 1.68 bits per heavy atom. The van der Waals surface area contributed by atoms with Crippen molar-refractivity contribution in [1.82, 2.24) is 4.31 Å². The molecule has 10 heteroatoms. The number of anilines is 1. The molecule has 1 heterocycles. The number of nitrogens with one attached hydrogen (secondary N) is 1. The van der Waals surface area contributed by atoms with E-state index < -0.39 is 15.9 Å². The number of hydrogen-bond acceptors (Lipinski definition) is 6. The Balaban J connectivity index is 1.38. The molecule has 1 N–H and O–H groups in total. The first-order valence-electron chi connectivity index (χ1n) is 10.6. The summed E-state index contributed by atoms with van der Waals surface area (Å²) in [6.07, 6.45) is 0. The van der Waals surface area contributed by atoms with Crippen molar-refractivity contribution in [2.24, 2.45) is 0 Å². The average molecular weight is 503 g/mol. The fourth-order valence-corrected chi connectivity index (χ4v) is 5.03. The number of rotatable bonds is 8. The Kier molecular flexibility index (Phi) is 7.69. The van der Waals surface area contributed by atoms with Gasteiger partial charge in [0.25, 0.3) is 5.91 Å². The van der Waals surface area contributed by atoms with E-state index in [0.717, 1.165) is 0 Å². The van der Waals surface area contributed by atoms with Crippen molar-refractivity contribution in [3.63, 3.8) is 0 Å². The number of hydrogen-bond donors (Lipinski definition) is 1. The first-order valence-corrected chi connectivity index (χ1v) is 12.4. The lowest BCUT2D eigenvalue weighted by Crippen LogP contribution is -2.40. The molecule has 1 aliphatic rings. The molecule has 1 saturated heterocycles. The molecule has 0 aromatic heterocycles. The van der Waals surface area contributed by atoms with Gasteiger partial charge in [0, 0.05) is 13.1 Å². The third-order valence-electron chi connectivity index (χ3n) is 5.00. The molecule has 1 fully saturated rings. The molecule has 4 rings (SSSR count). The molecule has 0 saturated carbocycles. The average Bonchev–Trinajstić information content (AvgIpc) is 2.85. The van der Waals surface area contributed by atoms with Gasteiger partial charge in [0.2, 0.25) is 10.0 Å². The number of sulfonamides is 1. The Labute approximate surface area is 203 Å². The number of carbonyl (C=O) groups excluding carboxylic acids is 1. The molecule has 0 unspecified atom stereocenters. The first-order chi connectivity index (χ1) is 16.4. The summed E-state index contributed by atoms with van der Waals surface area (Å²) in [5.41, 5.74) is 0.484. The van der Waals surface area contributed by atoms with Crippen molar-refractivity contribution in [2.75, 3.05) is 38.2 Å². The Morgan fingerprint density at radius 1 is 0.971 bits per heavy atom. The molecular formula is C24H23ClN2O6S. The van der Waals surface area contributed by atoms with Gasteiger partial charge < -0.3 is 19.5 Å². The van der Waals surface area contributed by atoms with Crippen LogP contribution in [0, 0.1) is 0 Å². The van der Waals surface area contributed by atoms with Gasteiger partial charge in [-0.15, -0.1) is 0 Å².